The van der Waals surface area contributed by atoms with Crippen molar-refractivity contribution in [1.29, 1.82) is 0 Å². The highest BCUT2D eigenvalue weighted by Crippen LogP contribution is 2.13. The van der Waals surface area contributed by atoms with Gasteiger partial charge in [-0.15, -0.1) is 0 Å². The molecule has 0 saturated carbocycles. The van der Waals surface area contributed by atoms with Gasteiger partial charge in [-0.2, -0.15) is 0 Å². The van der Waals surface area contributed by atoms with Crippen LogP contribution in [0, 0.1) is 0 Å². The largest absolute Gasteiger partial charge is 0.460 e. The fourth-order valence-electron chi connectivity index (χ4n) is 1.11. The van der Waals surface area contributed by atoms with E-state index in [1.807, 2.05) is 0 Å². The summed E-state index contributed by atoms with van der Waals surface area (Å²) in [4.78, 5) is 31.9. The highest BCUT2D eigenvalue weighted by atomic mass is 16.6. The highest BCUT2D eigenvalue weighted by Gasteiger charge is 2.16. The van der Waals surface area contributed by atoms with Crippen LogP contribution < -0.4 is 0 Å². The fraction of sp³-hybridized carbons (Fsp3) is 0.583. The lowest BCUT2D eigenvalue weighted by Gasteiger charge is -2.19. The maximum absolute atomic E-state index is 11.3. The van der Waals surface area contributed by atoms with Crippen LogP contribution in [0.2, 0.25) is 0 Å². The van der Waals surface area contributed by atoms with Crippen molar-refractivity contribution >= 4 is 18.5 Å². The molecule has 0 radical (unpaired) electrons. The standard InChI is InChI=1S/C12H18O4/c1-12(2,3)16-11(15)5-4-10(6-8-13)7-9-14/h6,8-9H,4-5,7H2,1-3H3. The van der Waals surface area contributed by atoms with E-state index in [-0.39, 0.29) is 18.8 Å². The average Bonchev–Trinajstić information content (AvgIpc) is 2.12. The molecule has 0 aliphatic heterocycles. The Bertz CT molecular complexity index is 284. The third-order valence-corrected chi connectivity index (χ3v) is 1.72. The van der Waals surface area contributed by atoms with Gasteiger partial charge in [0.05, 0.1) is 0 Å². The first-order valence-corrected chi connectivity index (χ1v) is 5.17. The minimum Gasteiger partial charge on any atom is -0.460 e. The Morgan fingerprint density at radius 3 is 2.25 bits per heavy atom. The Morgan fingerprint density at radius 1 is 1.19 bits per heavy atom. The minimum atomic E-state index is -0.504. The van der Waals surface area contributed by atoms with Crippen LogP contribution in [0.4, 0.5) is 0 Å². The molecule has 0 N–H and O–H groups in total. The molecule has 0 fully saturated rings. The second-order valence-electron chi connectivity index (χ2n) is 4.42. The van der Waals surface area contributed by atoms with Crippen LogP contribution in [-0.2, 0) is 19.1 Å². The molecule has 0 aromatic carbocycles. The van der Waals surface area contributed by atoms with Crippen LogP contribution in [0.25, 0.3) is 0 Å². The number of carbonyl (C=O) groups is 3. The van der Waals surface area contributed by atoms with Gasteiger partial charge in [0, 0.05) is 12.8 Å². The molecule has 16 heavy (non-hydrogen) atoms. The van der Waals surface area contributed by atoms with Crippen molar-refractivity contribution in [3.8, 4) is 0 Å². The fourth-order valence-corrected chi connectivity index (χ4v) is 1.11. The molecule has 0 bridgehead atoms. The topological polar surface area (TPSA) is 60.4 Å². The Balaban J connectivity index is 4.11. The van der Waals surface area contributed by atoms with E-state index < -0.39 is 5.60 Å². The second-order valence-corrected chi connectivity index (χ2v) is 4.42. The zero-order chi connectivity index (χ0) is 12.6. The lowest BCUT2D eigenvalue weighted by molar-refractivity contribution is -0.154. The van der Waals surface area contributed by atoms with Crippen LogP contribution >= 0.6 is 0 Å². The van der Waals surface area contributed by atoms with Crippen LogP contribution in [0.15, 0.2) is 11.6 Å². The molecule has 0 atom stereocenters. The van der Waals surface area contributed by atoms with Crippen LogP contribution in [0.5, 0.6) is 0 Å². The zero-order valence-corrected chi connectivity index (χ0v) is 9.99. The van der Waals surface area contributed by atoms with Gasteiger partial charge in [0.15, 0.2) is 0 Å². The predicted octanol–water partition coefficient (Wildman–Crippen LogP) is 1.82. The van der Waals surface area contributed by atoms with Gasteiger partial charge in [0.2, 0.25) is 0 Å². The first kappa shape index (κ1) is 14.6. The summed E-state index contributed by atoms with van der Waals surface area (Å²) in [5.74, 6) is -0.324. The molecule has 0 aromatic rings. The van der Waals surface area contributed by atoms with Crippen molar-refractivity contribution < 1.29 is 19.1 Å². The zero-order valence-electron chi connectivity index (χ0n) is 9.99. The van der Waals surface area contributed by atoms with Crippen LogP contribution in [0.1, 0.15) is 40.0 Å². The first-order chi connectivity index (χ1) is 7.39. The van der Waals surface area contributed by atoms with Gasteiger partial charge >= 0.3 is 5.97 Å². The second kappa shape index (κ2) is 6.93. The highest BCUT2D eigenvalue weighted by molar-refractivity contribution is 5.72. The van der Waals surface area contributed by atoms with E-state index in [9.17, 15) is 14.4 Å². The van der Waals surface area contributed by atoms with E-state index >= 15 is 0 Å². The SMILES string of the molecule is CC(C)(C)OC(=O)CCC(=CC=O)CC=O. The molecule has 4 heteroatoms. The summed E-state index contributed by atoms with van der Waals surface area (Å²) in [6.45, 7) is 5.37. The molecule has 0 aromatic heterocycles. The smallest absolute Gasteiger partial charge is 0.306 e. The summed E-state index contributed by atoms with van der Waals surface area (Å²) in [5, 5.41) is 0. The van der Waals surface area contributed by atoms with Crippen molar-refractivity contribution in [2.45, 2.75) is 45.6 Å². The lowest BCUT2D eigenvalue weighted by atomic mass is 10.1. The molecule has 0 saturated heterocycles. The quantitative estimate of drug-likeness (QED) is 0.394. The monoisotopic (exact) mass is 226 g/mol. The van der Waals surface area contributed by atoms with Gasteiger partial charge in [-0.05, 0) is 33.3 Å². The summed E-state index contributed by atoms with van der Waals surface area (Å²) in [5.41, 5.74) is 0.145. The van der Waals surface area contributed by atoms with Crippen molar-refractivity contribution in [1.82, 2.24) is 0 Å². The predicted molar refractivity (Wildman–Crippen MR) is 59.9 cm³/mol. The van der Waals surface area contributed by atoms with E-state index in [1.165, 1.54) is 6.08 Å². The molecule has 0 unspecified atom stereocenters. The number of allylic oxidation sites excluding steroid dienone is 2. The summed E-state index contributed by atoms with van der Waals surface area (Å²) in [6, 6.07) is 0. The van der Waals surface area contributed by atoms with Gasteiger partial charge in [-0.3, -0.25) is 9.59 Å². The van der Waals surface area contributed by atoms with E-state index in [1.54, 1.807) is 20.8 Å². The van der Waals surface area contributed by atoms with Gasteiger partial charge in [0.25, 0.3) is 0 Å². The number of ether oxygens (including phenoxy) is 1. The Morgan fingerprint density at radius 2 is 1.81 bits per heavy atom. The molecule has 0 amide bonds. The minimum absolute atomic E-state index is 0.182. The lowest BCUT2D eigenvalue weighted by Crippen LogP contribution is -2.23. The molecule has 4 nitrogen and oxygen atoms in total. The van der Waals surface area contributed by atoms with Gasteiger partial charge in [0.1, 0.15) is 18.2 Å². The number of rotatable bonds is 6. The Labute approximate surface area is 95.7 Å². The van der Waals surface area contributed by atoms with Crippen molar-refractivity contribution in [3.05, 3.63) is 11.6 Å². The van der Waals surface area contributed by atoms with Crippen molar-refractivity contribution in [3.63, 3.8) is 0 Å². The van der Waals surface area contributed by atoms with E-state index in [2.05, 4.69) is 0 Å². The molecular weight excluding hydrogens is 208 g/mol. The molecule has 0 heterocycles. The average molecular weight is 226 g/mol. The normalized spacial score (nSPS) is 12.1. The summed E-state index contributed by atoms with van der Waals surface area (Å²) in [7, 11) is 0. The summed E-state index contributed by atoms with van der Waals surface area (Å²) < 4.78 is 5.10. The molecule has 0 aliphatic rings. The number of carbonyl (C=O) groups excluding carboxylic acids is 3. The Kier molecular flexibility index (Phi) is 6.30. The van der Waals surface area contributed by atoms with E-state index in [0.29, 0.717) is 24.6 Å². The molecular formula is C12H18O4. The van der Waals surface area contributed by atoms with Gasteiger partial charge < -0.3 is 9.53 Å². The maximum Gasteiger partial charge on any atom is 0.306 e. The molecule has 0 spiro atoms. The maximum atomic E-state index is 11.3. The number of hydrogen-bond acceptors (Lipinski definition) is 4. The first-order valence-electron chi connectivity index (χ1n) is 5.17. The van der Waals surface area contributed by atoms with E-state index in [0.717, 1.165) is 0 Å². The number of aldehydes is 2. The molecule has 0 aliphatic carbocycles. The number of hydrogen-bond donors (Lipinski definition) is 0. The third-order valence-electron chi connectivity index (χ3n) is 1.72. The van der Waals surface area contributed by atoms with Crippen LogP contribution in [0.3, 0.4) is 0 Å². The molecule has 90 valence electrons. The summed E-state index contributed by atoms with van der Waals surface area (Å²) >= 11 is 0. The van der Waals surface area contributed by atoms with Crippen molar-refractivity contribution in [2.24, 2.45) is 0 Å². The third kappa shape index (κ3) is 7.91. The van der Waals surface area contributed by atoms with Crippen LogP contribution in [-0.4, -0.2) is 24.1 Å². The Hall–Kier alpha value is -1.45. The van der Waals surface area contributed by atoms with Gasteiger partial charge in [-0.1, -0.05) is 5.57 Å². The summed E-state index contributed by atoms with van der Waals surface area (Å²) in [6.07, 6.45) is 3.40. The number of esters is 1. The van der Waals surface area contributed by atoms with Crippen molar-refractivity contribution in [2.75, 3.05) is 0 Å². The van der Waals surface area contributed by atoms with Gasteiger partial charge in [-0.25, -0.2) is 0 Å². The van der Waals surface area contributed by atoms with E-state index in [4.69, 9.17) is 4.74 Å². The molecule has 0 rings (SSSR count).